The van der Waals surface area contributed by atoms with Gasteiger partial charge in [0, 0.05) is 22.7 Å². The lowest BCUT2D eigenvalue weighted by Crippen LogP contribution is -1.98. The van der Waals surface area contributed by atoms with E-state index in [9.17, 15) is 0 Å². The van der Waals surface area contributed by atoms with Gasteiger partial charge in [-0.1, -0.05) is 77.6 Å². The molecular weight excluding hydrogens is 262 g/mol. The summed E-state index contributed by atoms with van der Waals surface area (Å²) >= 11 is 3.23. The molecule has 0 aliphatic heterocycles. The van der Waals surface area contributed by atoms with Crippen LogP contribution in [0.15, 0.2) is 0 Å². The standard InChI is InChI=1S/C14H30BrN/c1-2-3-4-5-6-7-8-9-10-11-12-13-14-16-15/h16H,2-14H2,1H3. The molecule has 1 nitrogen and oxygen atoms in total. The molecule has 0 aliphatic rings. The highest BCUT2D eigenvalue weighted by Crippen LogP contribution is 2.11. The van der Waals surface area contributed by atoms with E-state index < -0.39 is 0 Å². The molecule has 0 unspecified atom stereocenters. The van der Waals surface area contributed by atoms with Crippen molar-refractivity contribution in [3.8, 4) is 0 Å². The van der Waals surface area contributed by atoms with Gasteiger partial charge in [-0.25, -0.2) is 0 Å². The van der Waals surface area contributed by atoms with Crippen molar-refractivity contribution in [1.82, 2.24) is 4.34 Å². The summed E-state index contributed by atoms with van der Waals surface area (Å²) in [5, 5.41) is 0. The Morgan fingerprint density at radius 3 is 1.38 bits per heavy atom. The summed E-state index contributed by atoms with van der Waals surface area (Å²) in [5.74, 6) is 0. The zero-order chi connectivity index (χ0) is 11.9. The summed E-state index contributed by atoms with van der Waals surface area (Å²) in [6.45, 7) is 3.39. The van der Waals surface area contributed by atoms with Crippen LogP contribution in [0.5, 0.6) is 0 Å². The zero-order valence-electron chi connectivity index (χ0n) is 11.1. The minimum absolute atomic E-state index is 1.11. The molecule has 0 rings (SSSR count). The van der Waals surface area contributed by atoms with Crippen LogP contribution >= 0.6 is 16.1 Å². The first-order valence-corrected chi connectivity index (χ1v) is 8.04. The minimum Gasteiger partial charge on any atom is -0.256 e. The monoisotopic (exact) mass is 291 g/mol. The van der Waals surface area contributed by atoms with Crippen molar-refractivity contribution < 1.29 is 0 Å². The van der Waals surface area contributed by atoms with Crippen molar-refractivity contribution in [3.05, 3.63) is 0 Å². The molecular formula is C14H30BrN. The summed E-state index contributed by atoms with van der Waals surface area (Å²) in [7, 11) is 0. The van der Waals surface area contributed by atoms with Crippen LogP contribution in [-0.2, 0) is 0 Å². The number of unbranched alkanes of at least 4 members (excludes halogenated alkanes) is 11. The molecule has 0 atom stereocenters. The van der Waals surface area contributed by atoms with Gasteiger partial charge >= 0.3 is 0 Å². The van der Waals surface area contributed by atoms with Gasteiger partial charge in [-0.2, -0.15) is 0 Å². The van der Waals surface area contributed by atoms with E-state index in [0.29, 0.717) is 0 Å². The first kappa shape index (κ1) is 16.4. The molecule has 0 spiro atoms. The third-order valence-electron chi connectivity index (χ3n) is 3.12. The zero-order valence-corrected chi connectivity index (χ0v) is 12.7. The topological polar surface area (TPSA) is 12.0 Å². The molecule has 0 aromatic rings. The van der Waals surface area contributed by atoms with Crippen LogP contribution in [0.3, 0.4) is 0 Å². The van der Waals surface area contributed by atoms with E-state index >= 15 is 0 Å². The molecule has 16 heavy (non-hydrogen) atoms. The Kier molecular flexibility index (Phi) is 15.9. The Labute approximate surface area is 111 Å². The minimum atomic E-state index is 1.11. The highest BCUT2D eigenvalue weighted by Gasteiger charge is 1.92. The van der Waals surface area contributed by atoms with E-state index in [0.717, 1.165) is 6.54 Å². The summed E-state index contributed by atoms with van der Waals surface area (Å²) in [4.78, 5) is 0. The van der Waals surface area contributed by atoms with Crippen LogP contribution in [0.25, 0.3) is 0 Å². The van der Waals surface area contributed by atoms with Gasteiger partial charge in [0.05, 0.1) is 0 Å². The maximum Gasteiger partial charge on any atom is 0.00875 e. The number of halogens is 1. The maximum absolute atomic E-state index is 3.23. The van der Waals surface area contributed by atoms with E-state index in [1.807, 2.05) is 0 Å². The lowest BCUT2D eigenvalue weighted by molar-refractivity contribution is 0.544. The molecule has 0 amide bonds. The van der Waals surface area contributed by atoms with Gasteiger partial charge in [0.2, 0.25) is 0 Å². The van der Waals surface area contributed by atoms with Crippen molar-refractivity contribution in [2.75, 3.05) is 6.54 Å². The smallest absolute Gasteiger partial charge is 0.00875 e. The molecule has 0 saturated heterocycles. The molecule has 0 heterocycles. The van der Waals surface area contributed by atoms with Gasteiger partial charge in [0.1, 0.15) is 0 Å². The molecule has 0 fully saturated rings. The van der Waals surface area contributed by atoms with Gasteiger partial charge in [-0.15, -0.1) is 0 Å². The second kappa shape index (κ2) is 15.4. The fourth-order valence-electron chi connectivity index (χ4n) is 2.03. The van der Waals surface area contributed by atoms with Crippen molar-refractivity contribution in [3.63, 3.8) is 0 Å². The normalized spacial score (nSPS) is 10.9. The van der Waals surface area contributed by atoms with Crippen molar-refractivity contribution in [2.24, 2.45) is 0 Å². The number of nitrogens with one attached hydrogen (secondary N) is 1. The average molecular weight is 292 g/mol. The lowest BCUT2D eigenvalue weighted by Gasteiger charge is -2.02. The summed E-state index contributed by atoms with van der Waals surface area (Å²) in [6, 6.07) is 0. The van der Waals surface area contributed by atoms with Gasteiger partial charge in [0.25, 0.3) is 0 Å². The quantitative estimate of drug-likeness (QED) is 0.345. The number of hydrogen-bond donors (Lipinski definition) is 1. The Bertz CT molecular complexity index is 103. The SMILES string of the molecule is CCCCCCCCCCCCCCNBr. The summed E-state index contributed by atoms with van der Waals surface area (Å²) < 4.78 is 3.02. The predicted molar refractivity (Wildman–Crippen MR) is 78.0 cm³/mol. The molecule has 0 aromatic carbocycles. The molecule has 2 heteroatoms. The Balaban J connectivity index is 2.83. The van der Waals surface area contributed by atoms with Crippen LogP contribution < -0.4 is 4.34 Å². The van der Waals surface area contributed by atoms with Crippen LogP contribution in [0.2, 0.25) is 0 Å². The summed E-state index contributed by atoms with van der Waals surface area (Å²) in [6.07, 6.45) is 17.1. The van der Waals surface area contributed by atoms with Crippen molar-refractivity contribution in [2.45, 2.75) is 84.0 Å². The Morgan fingerprint density at radius 2 is 1.00 bits per heavy atom. The molecule has 0 bridgehead atoms. The van der Waals surface area contributed by atoms with Gasteiger partial charge < -0.3 is 0 Å². The number of rotatable bonds is 13. The first-order chi connectivity index (χ1) is 7.91. The molecule has 0 saturated carbocycles. The second-order valence-corrected chi connectivity index (χ2v) is 5.33. The maximum atomic E-state index is 3.23. The highest BCUT2D eigenvalue weighted by atomic mass is 79.9. The highest BCUT2D eigenvalue weighted by molar-refractivity contribution is 9.08. The fraction of sp³-hybridized carbons (Fsp3) is 1.00. The van der Waals surface area contributed by atoms with Crippen LogP contribution in [0, 0.1) is 0 Å². The van der Waals surface area contributed by atoms with Gasteiger partial charge in [-0.05, 0) is 6.42 Å². The Hall–Kier alpha value is 0.440. The second-order valence-electron chi connectivity index (χ2n) is 4.77. The third-order valence-corrected chi connectivity index (χ3v) is 3.52. The molecule has 1 N–H and O–H groups in total. The van der Waals surface area contributed by atoms with E-state index in [-0.39, 0.29) is 0 Å². The molecule has 0 aromatic heterocycles. The van der Waals surface area contributed by atoms with Crippen molar-refractivity contribution in [1.29, 1.82) is 0 Å². The van der Waals surface area contributed by atoms with E-state index in [1.54, 1.807) is 0 Å². The summed E-state index contributed by atoms with van der Waals surface area (Å²) in [5.41, 5.74) is 0. The van der Waals surface area contributed by atoms with Crippen LogP contribution in [-0.4, -0.2) is 6.54 Å². The number of hydrogen-bond acceptors (Lipinski definition) is 1. The predicted octanol–water partition coefficient (Wildman–Crippen LogP) is 5.59. The third kappa shape index (κ3) is 14.4. The van der Waals surface area contributed by atoms with Crippen LogP contribution in [0.4, 0.5) is 0 Å². The molecule has 0 radical (unpaired) electrons. The van der Waals surface area contributed by atoms with Gasteiger partial charge in [-0.3, -0.25) is 4.34 Å². The first-order valence-electron chi connectivity index (χ1n) is 7.25. The fourth-order valence-corrected chi connectivity index (χ4v) is 2.31. The lowest BCUT2D eigenvalue weighted by atomic mass is 10.1. The Morgan fingerprint density at radius 1 is 0.625 bits per heavy atom. The largest absolute Gasteiger partial charge is 0.256 e. The van der Waals surface area contributed by atoms with Gasteiger partial charge in [0.15, 0.2) is 0 Å². The van der Waals surface area contributed by atoms with E-state index in [2.05, 4.69) is 27.4 Å². The van der Waals surface area contributed by atoms with E-state index in [1.165, 1.54) is 77.0 Å². The molecule has 98 valence electrons. The van der Waals surface area contributed by atoms with Crippen molar-refractivity contribution >= 4 is 16.1 Å². The molecule has 0 aliphatic carbocycles. The van der Waals surface area contributed by atoms with Crippen LogP contribution in [0.1, 0.15) is 84.0 Å². The van der Waals surface area contributed by atoms with E-state index in [4.69, 9.17) is 0 Å². The average Bonchev–Trinajstić information content (AvgIpc) is 2.31.